The predicted molar refractivity (Wildman–Crippen MR) is 103 cm³/mol. The Hall–Kier alpha value is -2.86. The number of ether oxygens (including phenoxy) is 1. The highest BCUT2D eigenvalue weighted by atomic mass is 35.5. The molecular weight excluding hydrogens is 354 g/mol. The molecule has 0 unspecified atom stereocenters. The number of nitrogens with one attached hydrogen (secondary N) is 2. The number of carbonyl (C=O) groups is 2. The zero-order valence-electron chi connectivity index (χ0n) is 14.6. The standard InChI is InChI=1S/C19H20ClN3O3/c1-13-11-15(20)5-8-17(13)22-18(24)9-10-19(25)23-21-12-14-3-6-16(26-2)7-4-14/h3-8,11-12H,9-10H2,1-2H3,(H,22,24)(H,23,25)/b21-12+. The summed E-state index contributed by atoms with van der Waals surface area (Å²) in [4.78, 5) is 23.7. The maximum atomic E-state index is 11.9. The highest BCUT2D eigenvalue weighted by Gasteiger charge is 2.08. The summed E-state index contributed by atoms with van der Waals surface area (Å²) < 4.78 is 5.06. The van der Waals surface area contributed by atoms with Gasteiger partial charge in [0.05, 0.1) is 13.3 Å². The number of hydrazone groups is 1. The van der Waals surface area contributed by atoms with Gasteiger partial charge in [0.15, 0.2) is 0 Å². The molecule has 7 heteroatoms. The molecule has 0 aliphatic heterocycles. The van der Waals surface area contributed by atoms with E-state index in [2.05, 4.69) is 15.8 Å². The van der Waals surface area contributed by atoms with E-state index in [-0.39, 0.29) is 24.7 Å². The molecule has 0 radical (unpaired) electrons. The van der Waals surface area contributed by atoms with Crippen molar-refractivity contribution in [3.63, 3.8) is 0 Å². The SMILES string of the molecule is COc1ccc(/C=N/NC(=O)CCC(=O)Nc2ccc(Cl)cc2C)cc1. The van der Waals surface area contributed by atoms with E-state index in [0.29, 0.717) is 10.7 Å². The van der Waals surface area contributed by atoms with Crippen LogP contribution in [0, 0.1) is 6.92 Å². The summed E-state index contributed by atoms with van der Waals surface area (Å²) in [5.74, 6) is 0.163. The number of methoxy groups -OCH3 is 1. The van der Waals surface area contributed by atoms with E-state index in [1.54, 1.807) is 37.4 Å². The Morgan fingerprint density at radius 2 is 1.81 bits per heavy atom. The second-order valence-electron chi connectivity index (χ2n) is 5.57. The molecule has 0 atom stereocenters. The van der Waals surface area contributed by atoms with Crippen LogP contribution in [0.25, 0.3) is 0 Å². The lowest BCUT2D eigenvalue weighted by molar-refractivity contribution is -0.124. The third-order valence-electron chi connectivity index (χ3n) is 3.56. The van der Waals surface area contributed by atoms with Crippen LogP contribution in [-0.4, -0.2) is 25.1 Å². The molecule has 2 aromatic carbocycles. The Morgan fingerprint density at radius 3 is 2.46 bits per heavy atom. The van der Waals surface area contributed by atoms with Gasteiger partial charge in [-0.05, 0) is 60.5 Å². The Kier molecular flexibility index (Phi) is 7.17. The van der Waals surface area contributed by atoms with Crippen molar-refractivity contribution >= 4 is 35.3 Å². The van der Waals surface area contributed by atoms with Crippen LogP contribution < -0.4 is 15.5 Å². The van der Waals surface area contributed by atoms with Gasteiger partial charge in [-0.2, -0.15) is 5.10 Å². The summed E-state index contributed by atoms with van der Waals surface area (Å²) in [6.07, 6.45) is 1.62. The van der Waals surface area contributed by atoms with Gasteiger partial charge >= 0.3 is 0 Å². The first-order valence-electron chi connectivity index (χ1n) is 8.00. The summed E-state index contributed by atoms with van der Waals surface area (Å²) in [6.45, 7) is 1.85. The van der Waals surface area contributed by atoms with Crippen LogP contribution in [0.2, 0.25) is 5.02 Å². The fourth-order valence-electron chi connectivity index (χ4n) is 2.13. The molecule has 2 N–H and O–H groups in total. The van der Waals surface area contributed by atoms with Crippen LogP contribution in [0.3, 0.4) is 0 Å². The topological polar surface area (TPSA) is 79.8 Å². The molecule has 2 rings (SSSR count). The molecule has 0 aliphatic rings. The van der Waals surface area contributed by atoms with E-state index < -0.39 is 0 Å². The van der Waals surface area contributed by atoms with Crippen molar-refractivity contribution in [3.05, 3.63) is 58.6 Å². The quantitative estimate of drug-likeness (QED) is 0.575. The summed E-state index contributed by atoms with van der Waals surface area (Å²) in [5.41, 5.74) is 4.76. The van der Waals surface area contributed by atoms with Crippen LogP contribution in [0.1, 0.15) is 24.0 Å². The Labute approximate surface area is 157 Å². The lowest BCUT2D eigenvalue weighted by Crippen LogP contribution is -2.20. The van der Waals surface area contributed by atoms with Crippen LogP contribution in [0.5, 0.6) is 5.75 Å². The molecule has 0 saturated heterocycles. The Bertz CT molecular complexity index is 804. The molecule has 0 saturated carbocycles. The van der Waals surface area contributed by atoms with Gasteiger partial charge in [-0.25, -0.2) is 5.43 Å². The van der Waals surface area contributed by atoms with Crippen LogP contribution in [0.4, 0.5) is 5.69 Å². The number of carbonyl (C=O) groups excluding carboxylic acids is 2. The van der Waals surface area contributed by atoms with Crippen LogP contribution >= 0.6 is 11.6 Å². The summed E-state index contributed by atoms with van der Waals surface area (Å²) in [6, 6.07) is 12.4. The first-order chi connectivity index (χ1) is 12.5. The predicted octanol–water partition coefficient (Wildman–Crippen LogP) is 3.53. The van der Waals surface area contributed by atoms with E-state index >= 15 is 0 Å². The van der Waals surface area contributed by atoms with Gasteiger partial charge in [0, 0.05) is 23.6 Å². The van der Waals surface area contributed by atoms with Crippen molar-refractivity contribution in [2.45, 2.75) is 19.8 Å². The van der Waals surface area contributed by atoms with Crippen molar-refractivity contribution in [2.75, 3.05) is 12.4 Å². The summed E-state index contributed by atoms with van der Waals surface area (Å²) >= 11 is 5.88. The van der Waals surface area contributed by atoms with Gasteiger partial charge in [0.2, 0.25) is 11.8 Å². The van der Waals surface area contributed by atoms with Gasteiger partial charge in [-0.15, -0.1) is 0 Å². The number of rotatable bonds is 7. The second-order valence-corrected chi connectivity index (χ2v) is 6.01. The molecule has 136 valence electrons. The molecule has 26 heavy (non-hydrogen) atoms. The molecule has 0 bridgehead atoms. The van der Waals surface area contributed by atoms with Gasteiger partial charge in [-0.1, -0.05) is 11.6 Å². The van der Waals surface area contributed by atoms with Gasteiger partial charge in [0.1, 0.15) is 5.75 Å². The number of amides is 2. The zero-order valence-corrected chi connectivity index (χ0v) is 15.3. The molecule has 2 aromatic rings. The number of anilines is 1. The average molecular weight is 374 g/mol. The molecule has 2 amide bonds. The highest BCUT2D eigenvalue weighted by molar-refractivity contribution is 6.30. The lowest BCUT2D eigenvalue weighted by Gasteiger charge is -2.08. The molecule has 0 heterocycles. The van der Waals surface area contributed by atoms with Gasteiger partial charge in [-0.3, -0.25) is 9.59 Å². The van der Waals surface area contributed by atoms with E-state index in [4.69, 9.17) is 16.3 Å². The van der Waals surface area contributed by atoms with Crippen LogP contribution in [0.15, 0.2) is 47.6 Å². The third kappa shape index (κ3) is 6.22. The number of hydrogen-bond donors (Lipinski definition) is 2. The summed E-state index contributed by atoms with van der Waals surface area (Å²) in [7, 11) is 1.59. The second kappa shape index (κ2) is 9.58. The van der Waals surface area contributed by atoms with E-state index in [9.17, 15) is 9.59 Å². The maximum absolute atomic E-state index is 11.9. The number of benzene rings is 2. The molecule has 6 nitrogen and oxygen atoms in total. The fourth-order valence-corrected chi connectivity index (χ4v) is 2.36. The molecule has 0 aromatic heterocycles. The molecule has 0 fully saturated rings. The normalized spacial score (nSPS) is 10.6. The van der Waals surface area contributed by atoms with E-state index in [0.717, 1.165) is 16.9 Å². The van der Waals surface area contributed by atoms with Gasteiger partial charge < -0.3 is 10.1 Å². The number of nitrogens with zero attached hydrogens (tertiary/aromatic N) is 1. The lowest BCUT2D eigenvalue weighted by atomic mass is 10.2. The average Bonchev–Trinajstić information content (AvgIpc) is 2.63. The first kappa shape index (κ1) is 19.5. The van der Waals surface area contributed by atoms with Crippen molar-refractivity contribution in [1.29, 1.82) is 0 Å². The van der Waals surface area contributed by atoms with Crippen molar-refractivity contribution in [3.8, 4) is 5.75 Å². The molecular formula is C19H20ClN3O3. The highest BCUT2D eigenvalue weighted by Crippen LogP contribution is 2.19. The van der Waals surface area contributed by atoms with Crippen molar-refractivity contribution in [2.24, 2.45) is 5.10 Å². The molecule has 0 spiro atoms. The first-order valence-corrected chi connectivity index (χ1v) is 8.37. The van der Waals surface area contributed by atoms with Crippen LogP contribution in [-0.2, 0) is 9.59 Å². The minimum absolute atomic E-state index is 0.0401. The zero-order chi connectivity index (χ0) is 18.9. The number of hydrogen-bond acceptors (Lipinski definition) is 4. The maximum Gasteiger partial charge on any atom is 0.240 e. The Morgan fingerprint density at radius 1 is 1.12 bits per heavy atom. The van der Waals surface area contributed by atoms with E-state index in [1.165, 1.54) is 6.21 Å². The fraction of sp³-hybridized carbons (Fsp3) is 0.211. The van der Waals surface area contributed by atoms with E-state index in [1.807, 2.05) is 19.1 Å². The molecule has 0 aliphatic carbocycles. The summed E-state index contributed by atoms with van der Waals surface area (Å²) in [5, 5.41) is 7.23. The minimum Gasteiger partial charge on any atom is -0.497 e. The van der Waals surface area contributed by atoms with Crippen molar-refractivity contribution in [1.82, 2.24) is 5.43 Å². The third-order valence-corrected chi connectivity index (χ3v) is 3.80. The Balaban J connectivity index is 1.75. The largest absolute Gasteiger partial charge is 0.497 e. The van der Waals surface area contributed by atoms with Gasteiger partial charge in [0.25, 0.3) is 0 Å². The number of aryl methyl sites for hydroxylation is 1. The monoisotopic (exact) mass is 373 g/mol. The minimum atomic E-state index is -0.335. The smallest absolute Gasteiger partial charge is 0.240 e. The number of halogens is 1. The van der Waals surface area contributed by atoms with Crippen molar-refractivity contribution < 1.29 is 14.3 Å².